The van der Waals surface area contributed by atoms with Gasteiger partial charge in [-0.05, 0) is 67.1 Å². The average Bonchev–Trinajstić information content (AvgIpc) is 3.38. The molecule has 0 bridgehead atoms. The predicted molar refractivity (Wildman–Crippen MR) is 135 cm³/mol. The number of amides is 1. The highest BCUT2D eigenvalue weighted by Crippen LogP contribution is 2.36. The summed E-state index contributed by atoms with van der Waals surface area (Å²) in [6.07, 6.45) is 5.60. The number of halogens is 1. The van der Waals surface area contributed by atoms with Gasteiger partial charge in [0.2, 0.25) is 5.91 Å². The number of carbonyl (C=O) groups is 1. The molecule has 4 rings (SSSR count). The predicted octanol–water partition coefficient (Wildman–Crippen LogP) is 4.71. The molecule has 10 heteroatoms. The minimum absolute atomic E-state index is 0.0631. The highest BCUT2D eigenvalue weighted by atomic mass is 79.9. The van der Waals surface area contributed by atoms with Crippen LogP contribution >= 0.6 is 15.9 Å². The third kappa shape index (κ3) is 6.87. The molecule has 1 saturated heterocycles. The van der Waals surface area contributed by atoms with Crippen LogP contribution in [0.15, 0.2) is 53.3 Å². The van der Waals surface area contributed by atoms with Crippen LogP contribution < -0.4 is 10.1 Å². The standard InChI is InChI=1S/C25H31BrN4O5/c1-25(2,33)16-29-10-7-22(28-29)27-24(32)20(13-17-8-11-34-12-9-17)30-15-18(14-23(30)31)35-21-6-4-3-5-19(21)26/h3-7,10,14-15,17,20,31,33H,8-9,11-13,16H2,1-2H3,(H,27,28,32). The lowest BCUT2D eigenvalue weighted by Crippen LogP contribution is -2.30. The van der Waals surface area contributed by atoms with Crippen molar-refractivity contribution in [3.05, 3.63) is 53.3 Å². The molecule has 3 heterocycles. The Balaban J connectivity index is 1.55. The van der Waals surface area contributed by atoms with Crippen molar-refractivity contribution in [2.75, 3.05) is 18.5 Å². The van der Waals surface area contributed by atoms with Gasteiger partial charge in [-0.15, -0.1) is 0 Å². The molecule has 0 saturated carbocycles. The molecule has 1 aromatic carbocycles. The largest absolute Gasteiger partial charge is 0.494 e. The maximum Gasteiger partial charge on any atom is 0.248 e. The molecule has 9 nitrogen and oxygen atoms in total. The molecule has 1 aliphatic heterocycles. The highest BCUT2D eigenvalue weighted by Gasteiger charge is 2.29. The zero-order chi connectivity index (χ0) is 25.0. The fourth-order valence-corrected chi connectivity index (χ4v) is 4.54. The molecule has 188 valence electrons. The molecule has 1 aliphatic rings. The monoisotopic (exact) mass is 546 g/mol. The van der Waals surface area contributed by atoms with Crippen molar-refractivity contribution in [2.24, 2.45) is 5.92 Å². The van der Waals surface area contributed by atoms with Crippen LogP contribution in [-0.2, 0) is 16.1 Å². The number of hydrogen-bond donors (Lipinski definition) is 3. The first kappa shape index (κ1) is 25.3. The Bertz CT molecular complexity index is 1150. The number of hydrogen-bond acceptors (Lipinski definition) is 6. The van der Waals surface area contributed by atoms with E-state index in [1.807, 2.05) is 24.3 Å². The van der Waals surface area contributed by atoms with Gasteiger partial charge in [0.1, 0.15) is 17.5 Å². The van der Waals surface area contributed by atoms with Crippen molar-refractivity contribution in [2.45, 2.75) is 51.3 Å². The number of aliphatic hydroxyl groups is 1. The van der Waals surface area contributed by atoms with Gasteiger partial charge in [0.05, 0.1) is 22.8 Å². The Hall–Kier alpha value is -2.82. The third-order valence-electron chi connectivity index (χ3n) is 5.84. The summed E-state index contributed by atoms with van der Waals surface area (Å²) < 4.78 is 15.3. The van der Waals surface area contributed by atoms with Gasteiger partial charge < -0.3 is 29.6 Å². The first-order valence-electron chi connectivity index (χ1n) is 11.7. The molecule has 1 unspecified atom stereocenters. The van der Waals surface area contributed by atoms with Crippen LogP contribution in [0.4, 0.5) is 5.82 Å². The molecule has 0 radical (unpaired) electrons. The molecule has 0 aliphatic carbocycles. The fourth-order valence-electron chi connectivity index (χ4n) is 4.17. The topological polar surface area (TPSA) is 111 Å². The van der Waals surface area contributed by atoms with Crippen molar-refractivity contribution in [3.8, 4) is 17.4 Å². The summed E-state index contributed by atoms with van der Waals surface area (Å²) in [6.45, 7) is 5.00. The molecule has 2 aromatic heterocycles. The second-order valence-corrected chi connectivity index (χ2v) is 10.3. The van der Waals surface area contributed by atoms with Crippen LogP contribution in [0.3, 0.4) is 0 Å². The van der Waals surface area contributed by atoms with Crippen LogP contribution in [0.2, 0.25) is 0 Å². The molecule has 1 amide bonds. The number of anilines is 1. The number of nitrogens with zero attached hydrogens (tertiary/aromatic N) is 3. The van der Waals surface area contributed by atoms with Crippen LogP contribution in [-0.4, -0.2) is 49.3 Å². The molecule has 3 N–H and O–H groups in total. The number of aromatic hydroxyl groups is 1. The Morgan fingerprint density at radius 3 is 2.77 bits per heavy atom. The van der Waals surface area contributed by atoms with Gasteiger partial charge in [-0.3, -0.25) is 9.48 Å². The highest BCUT2D eigenvalue weighted by molar-refractivity contribution is 9.10. The van der Waals surface area contributed by atoms with Crippen LogP contribution in [0, 0.1) is 5.92 Å². The number of nitrogens with one attached hydrogen (secondary N) is 1. The maximum atomic E-state index is 13.4. The number of ether oxygens (including phenoxy) is 2. The van der Waals surface area contributed by atoms with E-state index in [9.17, 15) is 15.0 Å². The summed E-state index contributed by atoms with van der Waals surface area (Å²) >= 11 is 3.46. The first-order valence-corrected chi connectivity index (χ1v) is 12.4. The summed E-state index contributed by atoms with van der Waals surface area (Å²) in [7, 11) is 0. The Morgan fingerprint density at radius 2 is 2.06 bits per heavy atom. The number of rotatable bonds is 9. The number of carbonyl (C=O) groups excluding carboxylic acids is 1. The summed E-state index contributed by atoms with van der Waals surface area (Å²) in [5.41, 5.74) is -0.931. The summed E-state index contributed by atoms with van der Waals surface area (Å²) in [6, 6.07) is 9.94. The molecule has 1 fully saturated rings. The smallest absolute Gasteiger partial charge is 0.248 e. The van der Waals surface area contributed by atoms with Crippen LogP contribution in [0.25, 0.3) is 0 Å². The van der Waals surface area contributed by atoms with Crippen molar-refractivity contribution in [1.82, 2.24) is 14.3 Å². The molecular formula is C25H31BrN4O5. The number of benzene rings is 1. The molecule has 35 heavy (non-hydrogen) atoms. The molecular weight excluding hydrogens is 516 g/mol. The zero-order valence-corrected chi connectivity index (χ0v) is 21.4. The van der Waals surface area contributed by atoms with Gasteiger partial charge in [-0.1, -0.05) is 12.1 Å². The van der Waals surface area contributed by atoms with Gasteiger partial charge in [0.15, 0.2) is 11.7 Å². The summed E-state index contributed by atoms with van der Waals surface area (Å²) in [4.78, 5) is 13.4. The van der Waals surface area contributed by atoms with E-state index in [1.54, 1.807) is 41.6 Å². The van der Waals surface area contributed by atoms with E-state index in [0.29, 0.717) is 43.5 Å². The van der Waals surface area contributed by atoms with Gasteiger partial charge in [-0.25, -0.2) is 0 Å². The Morgan fingerprint density at radius 1 is 1.31 bits per heavy atom. The van der Waals surface area contributed by atoms with Crippen molar-refractivity contribution < 1.29 is 24.5 Å². The second-order valence-electron chi connectivity index (χ2n) is 9.48. The van der Waals surface area contributed by atoms with Crippen LogP contribution in [0.5, 0.6) is 17.4 Å². The maximum absolute atomic E-state index is 13.4. The van der Waals surface area contributed by atoms with E-state index in [-0.39, 0.29) is 17.7 Å². The van der Waals surface area contributed by atoms with Crippen molar-refractivity contribution in [3.63, 3.8) is 0 Å². The Labute approximate surface area is 212 Å². The van der Waals surface area contributed by atoms with Gasteiger partial charge in [-0.2, -0.15) is 5.10 Å². The summed E-state index contributed by atoms with van der Waals surface area (Å²) in [5, 5.41) is 28.0. The minimum Gasteiger partial charge on any atom is -0.494 e. The minimum atomic E-state index is -0.931. The van der Waals surface area contributed by atoms with Crippen molar-refractivity contribution in [1.29, 1.82) is 0 Å². The lowest BCUT2D eigenvalue weighted by Gasteiger charge is -2.27. The van der Waals surface area contributed by atoms with E-state index in [4.69, 9.17) is 9.47 Å². The zero-order valence-electron chi connectivity index (χ0n) is 19.9. The lowest BCUT2D eigenvalue weighted by molar-refractivity contribution is -0.120. The number of para-hydroxylation sites is 1. The SMILES string of the molecule is CC(C)(O)Cn1ccc(NC(=O)C(CC2CCOCC2)n2cc(Oc3ccccc3Br)cc2O)n1. The summed E-state index contributed by atoms with van der Waals surface area (Å²) in [5.74, 6) is 1.34. The van der Waals surface area contributed by atoms with Crippen LogP contribution in [0.1, 0.15) is 39.2 Å². The lowest BCUT2D eigenvalue weighted by atomic mass is 9.92. The van der Waals surface area contributed by atoms with Gasteiger partial charge in [0.25, 0.3) is 0 Å². The van der Waals surface area contributed by atoms with Gasteiger partial charge >= 0.3 is 0 Å². The normalized spacial score (nSPS) is 15.7. The number of aromatic nitrogens is 3. The second kappa shape index (κ2) is 10.8. The van der Waals surface area contributed by atoms with Crippen molar-refractivity contribution >= 4 is 27.7 Å². The molecule has 0 spiro atoms. The van der Waals surface area contributed by atoms with E-state index in [1.165, 1.54) is 6.07 Å². The van der Waals surface area contributed by atoms with Gasteiger partial charge in [0, 0.05) is 31.5 Å². The Kier molecular flexibility index (Phi) is 7.83. The molecule has 3 aromatic rings. The van der Waals surface area contributed by atoms with E-state index in [0.717, 1.165) is 17.3 Å². The molecule has 1 atom stereocenters. The first-order chi connectivity index (χ1) is 16.7. The average molecular weight is 547 g/mol. The van der Waals surface area contributed by atoms with E-state index >= 15 is 0 Å². The van der Waals surface area contributed by atoms with E-state index in [2.05, 4.69) is 26.3 Å². The third-order valence-corrected chi connectivity index (χ3v) is 6.50. The quantitative estimate of drug-likeness (QED) is 0.358. The van der Waals surface area contributed by atoms with E-state index < -0.39 is 11.6 Å². The fraction of sp³-hybridized carbons (Fsp3) is 0.440.